The van der Waals surface area contributed by atoms with E-state index < -0.39 is 0 Å². The van der Waals surface area contributed by atoms with Gasteiger partial charge in [-0.2, -0.15) is 10.4 Å². The highest BCUT2D eigenvalue weighted by atomic mass is 35.5. The Labute approximate surface area is 128 Å². The Morgan fingerprint density at radius 2 is 1.95 bits per heavy atom. The number of nitriles is 1. The fourth-order valence-electron chi connectivity index (χ4n) is 2.07. The van der Waals surface area contributed by atoms with E-state index in [1.807, 2.05) is 13.8 Å². The lowest BCUT2D eigenvalue weighted by Gasteiger charge is -2.17. The van der Waals surface area contributed by atoms with Crippen LogP contribution in [-0.2, 0) is 0 Å². The topological polar surface area (TPSA) is 61.9 Å². The van der Waals surface area contributed by atoms with E-state index in [2.05, 4.69) is 11.2 Å². The normalized spacial score (nSPS) is 10.2. The summed E-state index contributed by atoms with van der Waals surface area (Å²) in [7, 11) is 0. The predicted octanol–water partition coefficient (Wildman–Crippen LogP) is 2.88. The van der Waals surface area contributed by atoms with Crippen molar-refractivity contribution in [3.8, 4) is 11.8 Å². The molecule has 2 rings (SSSR count). The van der Waals surface area contributed by atoms with Gasteiger partial charge in [0.05, 0.1) is 17.4 Å². The Hall–Kier alpha value is -2.32. The Morgan fingerprint density at radius 3 is 2.48 bits per heavy atom. The molecule has 1 heterocycles. The Kier molecular flexibility index (Phi) is 4.61. The summed E-state index contributed by atoms with van der Waals surface area (Å²) in [5, 5.41) is 14.1. The number of rotatable bonds is 4. The van der Waals surface area contributed by atoms with Crippen LogP contribution < -0.4 is 0 Å². The van der Waals surface area contributed by atoms with Gasteiger partial charge in [0.1, 0.15) is 6.07 Å². The lowest BCUT2D eigenvalue weighted by Crippen LogP contribution is -2.30. The Morgan fingerprint density at radius 1 is 1.33 bits per heavy atom. The minimum absolute atomic E-state index is 0.184. The molecule has 0 radical (unpaired) electrons. The fraction of sp³-hybridized carbons (Fsp3) is 0.267. The molecule has 0 saturated heterocycles. The van der Waals surface area contributed by atoms with Crippen molar-refractivity contribution < 1.29 is 4.79 Å². The summed E-state index contributed by atoms with van der Waals surface area (Å²) in [6.07, 6.45) is 1.44. The number of hydrogen-bond acceptors (Lipinski definition) is 3. The van der Waals surface area contributed by atoms with Crippen LogP contribution in [0.3, 0.4) is 0 Å². The van der Waals surface area contributed by atoms with Gasteiger partial charge in [-0.05, 0) is 38.1 Å². The minimum Gasteiger partial charge on any atom is -0.339 e. The molecule has 6 heteroatoms. The Balaban J connectivity index is 2.46. The van der Waals surface area contributed by atoms with Crippen LogP contribution in [0.25, 0.3) is 5.69 Å². The van der Waals surface area contributed by atoms with Crippen LogP contribution in [-0.4, -0.2) is 33.7 Å². The highest BCUT2D eigenvalue weighted by molar-refractivity contribution is 6.30. The first-order chi connectivity index (χ1) is 10.1. The van der Waals surface area contributed by atoms with Gasteiger partial charge in [-0.15, -0.1) is 0 Å². The molecular weight excluding hydrogens is 288 g/mol. The first-order valence-electron chi connectivity index (χ1n) is 6.65. The van der Waals surface area contributed by atoms with E-state index in [1.165, 1.54) is 10.9 Å². The third kappa shape index (κ3) is 2.91. The SMILES string of the molecule is CCN(CC)C(=O)c1cnn(-c2ccc(Cl)cc2)c1C#N. The Bertz CT molecular complexity index is 681. The van der Waals surface area contributed by atoms with Gasteiger partial charge in [-0.3, -0.25) is 4.79 Å². The van der Waals surface area contributed by atoms with Gasteiger partial charge in [0, 0.05) is 18.1 Å². The zero-order valence-electron chi connectivity index (χ0n) is 11.9. The van der Waals surface area contributed by atoms with E-state index in [9.17, 15) is 10.1 Å². The molecule has 0 N–H and O–H groups in total. The van der Waals surface area contributed by atoms with Crippen molar-refractivity contribution in [3.63, 3.8) is 0 Å². The monoisotopic (exact) mass is 302 g/mol. The van der Waals surface area contributed by atoms with Gasteiger partial charge >= 0.3 is 0 Å². The average molecular weight is 303 g/mol. The largest absolute Gasteiger partial charge is 0.339 e. The van der Waals surface area contributed by atoms with E-state index in [0.717, 1.165) is 0 Å². The molecule has 108 valence electrons. The van der Waals surface area contributed by atoms with E-state index in [1.54, 1.807) is 29.2 Å². The van der Waals surface area contributed by atoms with Crippen LogP contribution in [0.15, 0.2) is 30.5 Å². The summed E-state index contributed by atoms with van der Waals surface area (Å²) < 4.78 is 1.45. The standard InChI is InChI=1S/C15H15ClN4O/c1-3-19(4-2)15(21)13-10-18-20(14(13)9-17)12-7-5-11(16)6-8-12/h5-8,10H,3-4H2,1-2H3. The quantitative estimate of drug-likeness (QED) is 0.872. The van der Waals surface area contributed by atoms with E-state index in [0.29, 0.717) is 29.4 Å². The summed E-state index contributed by atoms with van der Waals surface area (Å²) in [6, 6.07) is 8.99. The number of benzene rings is 1. The lowest BCUT2D eigenvalue weighted by molar-refractivity contribution is 0.0772. The molecule has 0 bridgehead atoms. The van der Waals surface area contributed by atoms with Gasteiger partial charge in [-0.25, -0.2) is 4.68 Å². The van der Waals surface area contributed by atoms with E-state index in [-0.39, 0.29) is 11.6 Å². The molecule has 0 atom stereocenters. The number of carbonyl (C=O) groups is 1. The van der Waals surface area contributed by atoms with Crippen molar-refractivity contribution in [2.24, 2.45) is 0 Å². The maximum atomic E-state index is 12.4. The number of carbonyl (C=O) groups excluding carboxylic acids is 1. The summed E-state index contributed by atoms with van der Waals surface area (Å²) >= 11 is 5.85. The van der Waals surface area contributed by atoms with Crippen LogP contribution in [0.2, 0.25) is 5.02 Å². The highest BCUT2D eigenvalue weighted by Gasteiger charge is 2.21. The molecule has 1 aromatic heterocycles. The number of hydrogen-bond donors (Lipinski definition) is 0. The van der Waals surface area contributed by atoms with E-state index in [4.69, 9.17) is 11.6 Å². The van der Waals surface area contributed by atoms with Crippen molar-refractivity contribution in [2.45, 2.75) is 13.8 Å². The van der Waals surface area contributed by atoms with Crippen molar-refractivity contribution in [3.05, 3.63) is 46.7 Å². The third-order valence-electron chi connectivity index (χ3n) is 3.23. The van der Waals surface area contributed by atoms with Crippen molar-refractivity contribution >= 4 is 17.5 Å². The number of amides is 1. The van der Waals surface area contributed by atoms with Gasteiger partial charge in [0.2, 0.25) is 0 Å². The van der Waals surface area contributed by atoms with Crippen LogP contribution in [0.4, 0.5) is 0 Å². The molecule has 0 saturated carbocycles. The first-order valence-corrected chi connectivity index (χ1v) is 7.03. The van der Waals surface area contributed by atoms with Gasteiger partial charge in [-0.1, -0.05) is 11.6 Å². The second-order valence-corrected chi connectivity index (χ2v) is 4.82. The number of aromatic nitrogens is 2. The molecule has 5 nitrogen and oxygen atoms in total. The molecule has 0 spiro atoms. The molecule has 21 heavy (non-hydrogen) atoms. The maximum absolute atomic E-state index is 12.4. The zero-order chi connectivity index (χ0) is 15.4. The highest BCUT2D eigenvalue weighted by Crippen LogP contribution is 2.18. The fourth-order valence-corrected chi connectivity index (χ4v) is 2.20. The molecule has 0 fully saturated rings. The molecule has 1 aromatic carbocycles. The second-order valence-electron chi connectivity index (χ2n) is 4.38. The zero-order valence-corrected chi connectivity index (χ0v) is 12.6. The van der Waals surface area contributed by atoms with Crippen molar-refractivity contribution in [2.75, 3.05) is 13.1 Å². The van der Waals surface area contributed by atoms with Crippen molar-refractivity contribution in [1.82, 2.24) is 14.7 Å². The van der Waals surface area contributed by atoms with Gasteiger partial charge in [0.25, 0.3) is 5.91 Å². The molecule has 2 aromatic rings. The smallest absolute Gasteiger partial charge is 0.258 e. The summed E-state index contributed by atoms with van der Waals surface area (Å²) in [5.74, 6) is -0.184. The minimum atomic E-state index is -0.184. The lowest BCUT2D eigenvalue weighted by atomic mass is 10.2. The van der Waals surface area contributed by atoms with Crippen LogP contribution >= 0.6 is 11.6 Å². The van der Waals surface area contributed by atoms with Crippen LogP contribution in [0.5, 0.6) is 0 Å². The second kappa shape index (κ2) is 6.42. The van der Waals surface area contributed by atoms with Gasteiger partial charge < -0.3 is 4.90 Å². The third-order valence-corrected chi connectivity index (χ3v) is 3.48. The maximum Gasteiger partial charge on any atom is 0.258 e. The predicted molar refractivity (Wildman–Crippen MR) is 80.5 cm³/mol. The van der Waals surface area contributed by atoms with Gasteiger partial charge in [0.15, 0.2) is 5.69 Å². The first kappa shape index (κ1) is 15.1. The van der Waals surface area contributed by atoms with Crippen molar-refractivity contribution in [1.29, 1.82) is 5.26 Å². The molecule has 0 aliphatic rings. The molecule has 0 unspecified atom stereocenters. The van der Waals surface area contributed by atoms with E-state index >= 15 is 0 Å². The number of nitrogens with zero attached hydrogens (tertiary/aromatic N) is 4. The van der Waals surface area contributed by atoms with Crippen LogP contribution in [0.1, 0.15) is 29.9 Å². The molecule has 0 aliphatic carbocycles. The summed E-state index contributed by atoms with van der Waals surface area (Å²) in [4.78, 5) is 14.0. The summed E-state index contributed by atoms with van der Waals surface area (Å²) in [6.45, 7) is 4.98. The van der Waals surface area contributed by atoms with Crippen LogP contribution in [0, 0.1) is 11.3 Å². The number of halogens is 1. The molecule has 1 amide bonds. The molecular formula is C15H15ClN4O. The molecule has 0 aliphatic heterocycles. The average Bonchev–Trinajstić information content (AvgIpc) is 2.93. The summed E-state index contributed by atoms with van der Waals surface area (Å²) in [5.41, 5.74) is 1.24.